The van der Waals surface area contributed by atoms with Crippen molar-refractivity contribution in [1.29, 1.82) is 0 Å². The van der Waals surface area contributed by atoms with Crippen molar-refractivity contribution in [3.63, 3.8) is 0 Å². The molecule has 0 saturated heterocycles. The van der Waals surface area contributed by atoms with Crippen molar-refractivity contribution in [2.24, 2.45) is 0 Å². The molecule has 0 unspecified atom stereocenters. The van der Waals surface area contributed by atoms with E-state index in [4.69, 9.17) is 0 Å². The van der Waals surface area contributed by atoms with Gasteiger partial charge in [-0.25, -0.2) is 9.67 Å². The normalized spacial score (nSPS) is 10.8. The van der Waals surface area contributed by atoms with Crippen LogP contribution in [-0.2, 0) is 6.54 Å². The second-order valence-corrected chi connectivity index (χ2v) is 4.39. The largest absolute Gasteiger partial charge is 0.216 e. The van der Waals surface area contributed by atoms with Crippen LogP contribution in [0.3, 0.4) is 0 Å². The van der Waals surface area contributed by atoms with Gasteiger partial charge in [-0.3, -0.25) is 0 Å². The molecule has 96 valence electrons. The second-order valence-electron chi connectivity index (χ2n) is 4.39. The molecule has 0 radical (unpaired) electrons. The van der Waals surface area contributed by atoms with E-state index in [1.54, 1.807) is 17.2 Å². The lowest BCUT2D eigenvalue weighted by Crippen LogP contribution is -2.10. The predicted molar refractivity (Wildman–Crippen MR) is 70.0 cm³/mol. The summed E-state index contributed by atoms with van der Waals surface area (Å²) in [6.07, 6.45) is 3.31. The molecule has 2 aromatic heterocycles. The minimum Gasteiger partial charge on any atom is -0.216 e. The molecule has 0 fully saturated rings. The molecule has 6 heteroatoms. The van der Waals surface area contributed by atoms with Crippen LogP contribution in [0.4, 0.5) is 0 Å². The van der Waals surface area contributed by atoms with Gasteiger partial charge in [-0.15, -0.1) is 0 Å². The highest BCUT2D eigenvalue weighted by molar-refractivity contribution is 5.35. The van der Waals surface area contributed by atoms with Gasteiger partial charge < -0.3 is 0 Å². The maximum absolute atomic E-state index is 4.44. The summed E-state index contributed by atoms with van der Waals surface area (Å²) in [6, 6.07) is 8.16. The average Bonchev–Trinajstić information content (AvgIpc) is 3.00. The van der Waals surface area contributed by atoms with E-state index < -0.39 is 0 Å². The first-order valence-corrected chi connectivity index (χ1v) is 6.06. The quantitative estimate of drug-likeness (QED) is 0.711. The van der Waals surface area contributed by atoms with E-state index in [0.717, 1.165) is 17.3 Å². The Morgan fingerprint density at radius 3 is 2.63 bits per heavy atom. The number of nitrogens with zero attached hydrogens (tertiary/aromatic N) is 6. The molecule has 3 rings (SSSR count). The summed E-state index contributed by atoms with van der Waals surface area (Å²) in [7, 11) is 0. The Labute approximate surface area is 110 Å². The summed E-state index contributed by atoms with van der Waals surface area (Å²) in [4.78, 5) is 6.04. The van der Waals surface area contributed by atoms with Crippen LogP contribution in [0.1, 0.15) is 17.2 Å². The van der Waals surface area contributed by atoms with E-state index in [2.05, 4.69) is 39.3 Å². The summed E-state index contributed by atoms with van der Waals surface area (Å²) < 4.78 is 1.84. The van der Waals surface area contributed by atoms with Crippen molar-refractivity contribution in [3.05, 3.63) is 53.9 Å². The second kappa shape index (κ2) is 4.64. The molecule has 3 aromatic rings. The van der Waals surface area contributed by atoms with Crippen LogP contribution in [0.5, 0.6) is 0 Å². The van der Waals surface area contributed by atoms with Crippen LogP contribution in [-0.4, -0.2) is 29.8 Å². The van der Waals surface area contributed by atoms with Gasteiger partial charge >= 0.3 is 0 Å². The summed E-state index contributed by atoms with van der Waals surface area (Å²) >= 11 is 0. The topological polar surface area (TPSA) is 61.4 Å². The van der Waals surface area contributed by atoms with Crippen molar-refractivity contribution in [1.82, 2.24) is 29.8 Å². The summed E-state index contributed by atoms with van der Waals surface area (Å²) in [5.41, 5.74) is 2.19. The zero-order valence-electron chi connectivity index (χ0n) is 10.9. The molecule has 0 aliphatic heterocycles. The van der Waals surface area contributed by atoms with Gasteiger partial charge in [0, 0.05) is 0 Å². The van der Waals surface area contributed by atoms with Crippen molar-refractivity contribution < 1.29 is 0 Å². The smallest absolute Gasteiger partial charge is 0.156 e. The summed E-state index contributed by atoms with van der Waals surface area (Å²) in [5.74, 6) is 1.56. The molecule has 0 bridgehead atoms. The first-order valence-electron chi connectivity index (χ1n) is 6.06. The molecule has 0 atom stereocenters. The molecular weight excluding hydrogens is 240 g/mol. The Morgan fingerprint density at radius 2 is 1.89 bits per heavy atom. The Hall–Kier alpha value is -2.50. The van der Waals surface area contributed by atoms with Gasteiger partial charge in [-0.05, 0) is 31.5 Å². The monoisotopic (exact) mass is 254 g/mol. The van der Waals surface area contributed by atoms with Crippen LogP contribution in [0, 0.1) is 13.8 Å². The molecule has 6 nitrogen and oxygen atoms in total. The van der Waals surface area contributed by atoms with Gasteiger partial charge in [0.05, 0.1) is 18.1 Å². The molecule has 0 saturated carbocycles. The lowest BCUT2D eigenvalue weighted by atomic mass is 10.2. The Bertz CT molecular complexity index is 683. The maximum atomic E-state index is 4.44. The fraction of sp³-hybridized carbons (Fsp3) is 0.231. The lowest BCUT2D eigenvalue weighted by molar-refractivity contribution is 0.560. The average molecular weight is 254 g/mol. The van der Waals surface area contributed by atoms with Gasteiger partial charge in [0.2, 0.25) is 0 Å². The van der Waals surface area contributed by atoms with Crippen LogP contribution in [0.15, 0.2) is 36.7 Å². The zero-order chi connectivity index (χ0) is 13.2. The van der Waals surface area contributed by atoms with Gasteiger partial charge in [0.15, 0.2) is 5.82 Å². The Balaban J connectivity index is 2.02. The number of aromatic nitrogens is 6. The molecule has 0 aliphatic rings. The van der Waals surface area contributed by atoms with E-state index in [0.29, 0.717) is 6.54 Å². The lowest BCUT2D eigenvalue weighted by Gasteiger charge is -2.06. The van der Waals surface area contributed by atoms with Crippen LogP contribution < -0.4 is 0 Å². The van der Waals surface area contributed by atoms with Gasteiger partial charge in [0.1, 0.15) is 12.4 Å². The summed E-state index contributed by atoms with van der Waals surface area (Å²) in [5, 5.41) is 12.6. The first-order chi connectivity index (χ1) is 9.22. The SMILES string of the molecule is Cc1cccc(-n2nc(C)nc2Cn2nccn2)c1. The van der Waals surface area contributed by atoms with Gasteiger partial charge in [-0.1, -0.05) is 12.1 Å². The fourth-order valence-electron chi connectivity index (χ4n) is 1.98. The minimum absolute atomic E-state index is 0.502. The maximum Gasteiger partial charge on any atom is 0.156 e. The van der Waals surface area contributed by atoms with E-state index in [-0.39, 0.29) is 0 Å². The highest BCUT2D eigenvalue weighted by Gasteiger charge is 2.10. The van der Waals surface area contributed by atoms with Crippen molar-refractivity contribution in [2.45, 2.75) is 20.4 Å². The number of hydrogen-bond acceptors (Lipinski definition) is 4. The van der Waals surface area contributed by atoms with Crippen molar-refractivity contribution >= 4 is 0 Å². The third-order valence-electron chi connectivity index (χ3n) is 2.78. The van der Waals surface area contributed by atoms with Gasteiger partial charge in [0.25, 0.3) is 0 Å². The third-order valence-corrected chi connectivity index (χ3v) is 2.78. The molecule has 0 spiro atoms. The Kier molecular flexibility index (Phi) is 2.83. The molecular formula is C13H14N6. The predicted octanol–water partition coefficient (Wildman–Crippen LogP) is 1.52. The zero-order valence-corrected chi connectivity index (χ0v) is 10.9. The van der Waals surface area contributed by atoms with Crippen LogP contribution in [0.25, 0.3) is 5.69 Å². The number of rotatable bonds is 3. The van der Waals surface area contributed by atoms with E-state index in [9.17, 15) is 0 Å². The van der Waals surface area contributed by atoms with E-state index in [1.165, 1.54) is 5.56 Å². The van der Waals surface area contributed by atoms with E-state index >= 15 is 0 Å². The molecule has 0 amide bonds. The Morgan fingerprint density at radius 1 is 1.11 bits per heavy atom. The first kappa shape index (κ1) is 11.6. The molecule has 19 heavy (non-hydrogen) atoms. The van der Waals surface area contributed by atoms with E-state index in [1.807, 2.05) is 23.7 Å². The molecule has 2 heterocycles. The van der Waals surface area contributed by atoms with Crippen molar-refractivity contribution in [2.75, 3.05) is 0 Å². The van der Waals surface area contributed by atoms with Crippen LogP contribution in [0.2, 0.25) is 0 Å². The van der Waals surface area contributed by atoms with Gasteiger partial charge in [-0.2, -0.15) is 20.1 Å². The fourth-order valence-corrected chi connectivity index (χ4v) is 1.98. The minimum atomic E-state index is 0.502. The highest BCUT2D eigenvalue weighted by atomic mass is 15.5. The molecule has 1 aromatic carbocycles. The summed E-state index contributed by atoms with van der Waals surface area (Å²) in [6.45, 7) is 4.44. The highest BCUT2D eigenvalue weighted by Crippen LogP contribution is 2.12. The number of aryl methyl sites for hydroxylation is 2. The standard InChI is InChI=1S/C13H14N6/c1-10-4-3-5-12(8-10)19-13(16-11(2)17-19)9-18-14-6-7-15-18/h3-8H,9H2,1-2H3. The third kappa shape index (κ3) is 2.37. The number of benzene rings is 1. The van der Waals surface area contributed by atoms with Crippen LogP contribution >= 0.6 is 0 Å². The molecule has 0 N–H and O–H groups in total. The number of hydrogen-bond donors (Lipinski definition) is 0. The van der Waals surface area contributed by atoms with Crippen molar-refractivity contribution in [3.8, 4) is 5.69 Å². The molecule has 0 aliphatic carbocycles.